The van der Waals surface area contributed by atoms with E-state index in [1.807, 2.05) is 0 Å². The molecule has 0 aliphatic rings. The van der Waals surface area contributed by atoms with Crippen molar-refractivity contribution < 1.29 is 13.5 Å². The van der Waals surface area contributed by atoms with E-state index in [1.54, 1.807) is 13.8 Å². The number of alkyl halides is 2. The van der Waals surface area contributed by atoms with Crippen LogP contribution in [0.15, 0.2) is 0 Å². The Morgan fingerprint density at radius 2 is 1.70 bits per heavy atom. The predicted octanol–water partition coefficient (Wildman–Crippen LogP) is 2.11. The molecule has 0 rings (SSSR count). The van der Waals surface area contributed by atoms with E-state index in [0.717, 1.165) is 0 Å². The van der Waals surface area contributed by atoms with Gasteiger partial charge in [-0.1, -0.05) is 0 Å². The summed E-state index contributed by atoms with van der Waals surface area (Å²) in [6.07, 6.45) is -0.128. The Bertz CT molecular complexity index is 89.6. The maximum Gasteiger partial charge on any atom is 0.122 e. The highest BCUT2D eigenvalue weighted by molar-refractivity contribution is 4.73. The molecule has 0 heterocycles. The second-order valence-electron chi connectivity index (χ2n) is 2.88. The van der Waals surface area contributed by atoms with Crippen LogP contribution in [-0.4, -0.2) is 25.1 Å². The Labute approximate surface area is 60.4 Å². The maximum absolute atomic E-state index is 12.0. The molecule has 0 radical (unpaired) electrons. The van der Waals surface area contributed by atoms with Crippen LogP contribution in [-0.2, 0) is 4.74 Å². The quantitative estimate of drug-likeness (QED) is 0.599. The summed E-state index contributed by atoms with van der Waals surface area (Å²) >= 11 is 0. The molecule has 0 aromatic heterocycles. The van der Waals surface area contributed by atoms with Crippen molar-refractivity contribution in [3.63, 3.8) is 0 Å². The van der Waals surface area contributed by atoms with Crippen LogP contribution in [0.25, 0.3) is 0 Å². The van der Waals surface area contributed by atoms with Gasteiger partial charge in [-0.15, -0.1) is 0 Å². The molecule has 0 N–H and O–H groups in total. The van der Waals surface area contributed by atoms with E-state index < -0.39 is 19.0 Å². The van der Waals surface area contributed by atoms with Gasteiger partial charge in [0.2, 0.25) is 0 Å². The minimum absolute atomic E-state index is 0.128. The largest absolute Gasteiger partial charge is 0.367 e. The van der Waals surface area contributed by atoms with E-state index in [4.69, 9.17) is 4.74 Å². The van der Waals surface area contributed by atoms with Crippen LogP contribution in [0.5, 0.6) is 0 Å². The standard InChI is InChI=1S/C7H14F2O/c1-6(2)10-7(3,4-8)5-9/h6H,4-5H2,1-3H3. The van der Waals surface area contributed by atoms with Gasteiger partial charge >= 0.3 is 0 Å². The fraction of sp³-hybridized carbons (Fsp3) is 1.00. The van der Waals surface area contributed by atoms with Crippen molar-refractivity contribution in [3.8, 4) is 0 Å². The highest BCUT2D eigenvalue weighted by Gasteiger charge is 2.26. The molecule has 0 saturated carbocycles. The second kappa shape index (κ2) is 3.86. The molecule has 0 unspecified atom stereocenters. The Hall–Kier alpha value is -0.180. The van der Waals surface area contributed by atoms with Crippen LogP contribution in [0.3, 0.4) is 0 Å². The molecule has 0 amide bonds. The Morgan fingerprint density at radius 1 is 1.30 bits per heavy atom. The zero-order valence-electron chi connectivity index (χ0n) is 6.66. The highest BCUT2D eigenvalue weighted by Crippen LogP contribution is 2.14. The van der Waals surface area contributed by atoms with Gasteiger partial charge in [-0.05, 0) is 20.8 Å². The molecule has 0 fully saturated rings. The molecular weight excluding hydrogens is 138 g/mol. The first-order chi connectivity index (χ1) is 4.54. The summed E-state index contributed by atoms with van der Waals surface area (Å²) in [5.74, 6) is 0. The number of hydrogen-bond acceptors (Lipinski definition) is 1. The molecule has 0 saturated heterocycles. The molecule has 3 heteroatoms. The van der Waals surface area contributed by atoms with Crippen molar-refractivity contribution in [1.29, 1.82) is 0 Å². The lowest BCUT2D eigenvalue weighted by atomic mass is 10.1. The smallest absolute Gasteiger partial charge is 0.122 e. The summed E-state index contributed by atoms with van der Waals surface area (Å²) in [5.41, 5.74) is -1.23. The Kier molecular flexibility index (Phi) is 3.79. The first-order valence-corrected chi connectivity index (χ1v) is 3.34. The van der Waals surface area contributed by atoms with E-state index >= 15 is 0 Å². The van der Waals surface area contributed by atoms with E-state index in [2.05, 4.69) is 0 Å². The molecule has 10 heavy (non-hydrogen) atoms. The van der Waals surface area contributed by atoms with Crippen molar-refractivity contribution in [2.75, 3.05) is 13.3 Å². The van der Waals surface area contributed by atoms with Crippen LogP contribution < -0.4 is 0 Å². The van der Waals surface area contributed by atoms with Gasteiger partial charge in [-0.3, -0.25) is 0 Å². The van der Waals surface area contributed by atoms with Gasteiger partial charge in [0.05, 0.1) is 6.10 Å². The van der Waals surface area contributed by atoms with Crippen LogP contribution in [0, 0.1) is 0 Å². The summed E-state index contributed by atoms with van der Waals surface area (Å²) in [5, 5.41) is 0. The van der Waals surface area contributed by atoms with Gasteiger partial charge in [-0.25, -0.2) is 8.78 Å². The second-order valence-corrected chi connectivity index (χ2v) is 2.88. The Balaban J connectivity index is 3.80. The monoisotopic (exact) mass is 152 g/mol. The van der Waals surface area contributed by atoms with E-state index in [9.17, 15) is 8.78 Å². The van der Waals surface area contributed by atoms with Crippen molar-refractivity contribution in [2.45, 2.75) is 32.5 Å². The minimum Gasteiger partial charge on any atom is -0.367 e. The number of ether oxygens (including phenoxy) is 1. The lowest BCUT2D eigenvalue weighted by Crippen LogP contribution is -2.36. The first kappa shape index (κ1) is 9.82. The average molecular weight is 152 g/mol. The molecule has 0 aliphatic heterocycles. The highest BCUT2D eigenvalue weighted by atomic mass is 19.1. The minimum atomic E-state index is -1.23. The molecule has 0 spiro atoms. The van der Waals surface area contributed by atoms with Gasteiger partial charge < -0.3 is 4.74 Å². The number of hydrogen-bond donors (Lipinski definition) is 0. The molecule has 0 aromatic carbocycles. The summed E-state index contributed by atoms with van der Waals surface area (Å²) in [6, 6.07) is 0. The van der Waals surface area contributed by atoms with Gasteiger partial charge in [0, 0.05) is 0 Å². The van der Waals surface area contributed by atoms with Gasteiger partial charge in [0.25, 0.3) is 0 Å². The van der Waals surface area contributed by atoms with Crippen LogP contribution in [0.4, 0.5) is 8.78 Å². The van der Waals surface area contributed by atoms with Crippen LogP contribution in [0.1, 0.15) is 20.8 Å². The average Bonchev–Trinajstić information content (AvgIpc) is 1.87. The van der Waals surface area contributed by atoms with Crippen molar-refractivity contribution in [1.82, 2.24) is 0 Å². The number of rotatable bonds is 4. The van der Waals surface area contributed by atoms with E-state index in [1.165, 1.54) is 6.92 Å². The normalized spacial score (nSPS) is 12.6. The topological polar surface area (TPSA) is 9.23 Å². The zero-order valence-corrected chi connectivity index (χ0v) is 6.66. The lowest BCUT2D eigenvalue weighted by Gasteiger charge is -2.25. The summed E-state index contributed by atoms with van der Waals surface area (Å²) < 4.78 is 29.1. The summed E-state index contributed by atoms with van der Waals surface area (Å²) in [4.78, 5) is 0. The summed E-state index contributed by atoms with van der Waals surface area (Å²) in [6.45, 7) is 3.38. The van der Waals surface area contributed by atoms with Gasteiger partial charge in [-0.2, -0.15) is 0 Å². The van der Waals surface area contributed by atoms with Crippen LogP contribution >= 0.6 is 0 Å². The van der Waals surface area contributed by atoms with Crippen molar-refractivity contribution in [3.05, 3.63) is 0 Å². The molecule has 0 bridgehead atoms. The van der Waals surface area contributed by atoms with Crippen molar-refractivity contribution >= 4 is 0 Å². The van der Waals surface area contributed by atoms with Crippen molar-refractivity contribution in [2.24, 2.45) is 0 Å². The predicted molar refractivity (Wildman–Crippen MR) is 36.6 cm³/mol. The van der Waals surface area contributed by atoms with Gasteiger partial charge in [0.15, 0.2) is 0 Å². The third-order valence-electron chi connectivity index (χ3n) is 1.09. The first-order valence-electron chi connectivity index (χ1n) is 3.34. The third-order valence-corrected chi connectivity index (χ3v) is 1.09. The van der Waals surface area contributed by atoms with E-state index in [0.29, 0.717) is 0 Å². The zero-order chi connectivity index (χ0) is 8.20. The Morgan fingerprint density at radius 3 is 1.80 bits per heavy atom. The molecular formula is C7H14F2O. The number of halogens is 2. The lowest BCUT2D eigenvalue weighted by molar-refractivity contribution is -0.0922. The maximum atomic E-state index is 12.0. The van der Waals surface area contributed by atoms with Gasteiger partial charge in [0.1, 0.15) is 19.0 Å². The molecule has 0 atom stereocenters. The van der Waals surface area contributed by atoms with Crippen LogP contribution in [0.2, 0.25) is 0 Å². The SMILES string of the molecule is CC(C)OC(C)(CF)CF. The molecule has 1 nitrogen and oxygen atoms in total. The fourth-order valence-electron chi connectivity index (χ4n) is 0.668. The van der Waals surface area contributed by atoms with E-state index in [-0.39, 0.29) is 6.10 Å². The third kappa shape index (κ3) is 3.11. The molecule has 62 valence electrons. The molecule has 0 aromatic rings. The summed E-state index contributed by atoms with van der Waals surface area (Å²) in [7, 11) is 0. The fourth-order valence-corrected chi connectivity index (χ4v) is 0.668. The molecule has 0 aliphatic carbocycles.